The molecule has 0 amide bonds. The van der Waals surface area contributed by atoms with E-state index >= 15 is 0 Å². The van der Waals surface area contributed by atoms with E-state index in [2.05, 4.69) is 45.4 Å². The van der Waals surface area contributed by atoms with Gasteiger partial charge in [-0.1, -0.05) is 18.2 Å². The molecule has 0 aromatic heterocycles. The second kappa shape index (κ2) is 11.5. The molecule has 3 heterocycles. The molecule has 0 radical (unpaired) electrons. The van der Waals surface area contributed by atoms with Gasteiger partial charge in [-0.05, 0) is 48.7 Å². The molecule has 36 heavy (non-hydrogen) atoms. The number of methoxy groups -OCH3 is 1. The fourth-order valence-electron chi connectivity index (χ4n) is 4.63. The molecule has 0 saturated carbocycles. The van der Waals surface area contributed by atoms with Gasteiger partial charge in [0.1, 0.15) is 5.84 Å². The lowest BCUT2D eigenvalue weighted by atomic mass is 10.1. The van der Waals surface area contributed by atoms with Gasteiger partial charge in [0.25, 0.3) is 0 Å². The lowest BCUT2D eigenvalue weighted by Gasteiger charge is -2.28. The smallest absolute Gasteiger partial charge is 0.161 e. The molecule has 1 N–H and O–H groups in total. The Labute approximate surface area is 212 Å². The number of aliphatic imine (C=N–C) groups is 2. The van der Waals surface area contributed by atoms with Gasteiger partial charge in [0, 0.05) is 25.8 Å². The van der Waals surface area contributed by atoms with Crippen LogP contribution in [0.2, 0.25) is 0 Å². The third-order valence-corrected chi connectivity index (χ3v) is 6.59. The van der Waals surface area contributed by atoms with E-state index in [0.29, 0.717) is 13.2 Å². The van der Waals surface area contributed by atoms with Crippen molar-refractivity contribution >= 4 is 24.1 Å². The summed E-state index contributed by atoms with van der Waals surface area (Å²) in [6.45, 7) is 7.87. The zero-order valence-corrected chi connectivity index (χ0v) is 21.0. The SMILES string of the molecule is COc1ccc(CN=C2NC=NC3C2C=NN3c2cccc(C)c2)cc1OCCCN1CCOCC1. The van der Waals surface area contributed by atoms with E-state index in [0.717, 1.165) is 67.9 Å². The molecule has 1 saturated heterocycles. The van der Waals surface area contributed by atoms with Crippen LogP contribution in [-0.2, 0) is 11.3 Å². The highest BCUT2D eigenvalue weighted by atomic mass is 16.5. The number of nitrogens with zero attached hydrogens (tertiary/aromatic N) is 5. The second-order valence-corrected chi connectivity index (χ2v) is 9.15. The zero-order chi connectivity index (χ0) is 24.7. The van der Waals surface area contributed by atoms with Gasteiger partial charge in [-0.15, -0.1) is 0 Å². The van der Waals surface area contributed by atoms with Crippen molar-refractivity contribution in [2.75, 3.05) is 51.6 Å². The van der Waals surface area contributed by atoms with Crippen molar-refractivity contribution in [1.82, 2.24) is 10.2 Å². The largest absolute Gasteiger partial charge is 0.493 e. The summed E-state index contributed by atoms with van der Waals surface area (Å²) in [7, 11) is 1.67. The number of rotatable bonds is 9. The Bertz CT molecular complexity index is 1130. The number of hydrogen-bond acceptors (Lipinski definition) is 8. The minimum absolute atomic E-state index is 0.0235. The third kappa shape index (κ3) is 5.68. The lowest BCUT2D eigenvalue weighted by molar-refractivity contribution is 0.0357. The Morgan fingerprint density at radius 1 is 1.14 bits per heavy atom. The highest BCUT2D eigenvalue weighted by Crippen LogP contribution is 2.30. The van der Waals surface area contributed by atoms with Gasteiger partial charge in [0.15, 0.2) is 17.7 Å². The van der Waals surface area contributed by atoms with Crippen molar-refractivity contribution in [2.45, 2.75) is 26.1 Å². The van der Waals surface area contributed by atoms with Crippen molar-refractivity contribution < 1.29 is 14.2 Å². The number of anilines is 1. The van der Waals surface area contributed by atoms with Gasteiger partial charge in [0.05, 0.1) is 51.4 Å². The lowest BCUT2D eigenvalue weighted by Crippen LogP contribution is -2.45. The summed E-state index contributed by atoms with van der Waals surface area (Å²) in [5, 5.41) is 9.82. The first kappa shape index (κ1) is 24.3. The first-order chi connectivity index (χ1) is 17.7. The van der Waals surface area contributed by atoms with Crippen LogP contribution in [0, 0.1) is 12.8 Å². The zero-order valence-electron chi connectivity index (χ0n) is 21.0. The minimum Gasteiger partial charge on any atom is -0.493 e. The number of fused-ring (bicyclic) bond motifs is 1. The maximum absolute atomic E-state index is 6.10. The Morgan fingerprint density at radius 3 is 2.86 bits per heavy atom. The van der Waals surface area contributed by atoms with E-state index in [-0.39, 0.29) is 12.1 Å². The van der Waals surface area contributed by atoms with Crippen LogP contribution in [0.3, 0.4) is 0 Å². The molecule has 9 nitrogen and oxygen atoms in total. The van der Waals surface area contributed by atoms with Crippen LogP contribution < -0.4 is 19.8 Å². The number of ether oxygens (including phenoxy) is 3. The van der Waals surface area contributed by atoms with Gasteiger partial charge >= 0.3 is 0 Å². The fourth-order valence-corrected chi connectivity index (χ4v) is 4.63. The molecule has 3 aliphatic rings. The fraction of sp³-hybridized carbons (Fsp3) is 0.444. The van der Waals surface area contributed by atoms with Crippen molar-refractivity contribution in [3.05, 3.63) is 53.6 Å². The van der Waals surface area contributed by atoms with E-state index in [1.54, 1.807) is 13.4 Å². The minimum atomic E-state index is -0.131. The van der Waals surface area contributed by atoms with Crippen molar-refractivity contribution in [1.29, 1.82) is 0 Å². The average Bonchev–Trinajstić information content (AvgIpc) is 3.35. The molecule has 2 aromatic rings. The van der Waals surface area contributed by atoms with Crippen LogP contribution in [0.4, 0.5) is 5.69 Å². The Hall–Kier alpha value is -3.43. The average molecular weight is 491 g/mol. The second-order valence-electron chi connectivity index (χ2n) is 9.15. The molecule has 3 aliphatic heterocycles. The summed E-state index contributed by atoms with van der Waals surface area (Å²) in [6.07, 6.45) is 4.47. The highest BCUT2D eigenvalue weighted by molar-refractivity contribution is 6.06. The number of hydrogen-bond donors (Lipinski definition) is 1. The number of morpholine rings is 1. The standard InChI is InChI=1S/C27H34N6O3/c1-20-5-3-6-22(15-20)33-27-23(18-31-33)26(29-19-30-27)28-17-21-7-8-24(34-2)25(16-21)36-12-4-9-32-10-13-35-14-11-32/h3,5-8,15-16,18-19,23,27H,4,9-14,17H2,1-2H3,(H,28,29,30). The summed E-state index contributed by atoms with van der Waals surface area (Å²) in [6, 6.07) is 14.3. The van der Waals surface area contributed by atoms with Crippen LogP contribution in [-0.4, -0.2) is 76.0 Å². The number of amidine groups is 1. The molecule has 5 rings (SSSR count). The summed E-state index contributed by atoms with van der Waals surface area (Å²) in [5.74, 6) is 2.32. The number of nitrogens with one attached hydrogen (secondary N) is 1. The predicted molar refractivity (Wildman–Crippen MR) is 143 cm³/mol. The first-order valence-electron chi connectivity index (χ1n) is 12.5. The molecule has 2 atom stereocenters. The maximum Gasteiger partial charge on any atom is 0.161 e. The molecule has 1 fully saturated rings. The van der Waals surface area contributed by atoms with E-state index in [1.165, 1.54) is 5.56 Å². The first-order valence-corrected chi connectivity index (χ1v) is 12.5. The number of aryl methyl sites for hydroxylation is 1. The van der Waals surface area contributed by atoms with Crippen molar-refractivity contribution in [3.63, 3.8) is 0 Å². The van der Waals surface area contributed by atoms with Crippen LogP contribution >= 0.6 is 0 Å². The Kier molecular flexibility index (Phi) is 7.78. The molecular weight excluding hydrogens is 456 g/mol. The van der Waals surface area contributed by atoms with Crippen molar-refractivity contribution in [2.24, 2.45) is 21.0 Å². The molecule has 9 heteroatoms. The quantitative estimate of drug-likeness (QED) is 0.544. The van der Waals surface area contributed by atoms with E-state index in [1.807, 2.05) is 35.5 Å². The van der Waals surface area contributed by atoms with Crippen LogP contribution in [0.25, 0.3) is 0 Å². The summed E-state index contributed by atoms with van der Waals surface area (Å²) < 4.78 is 17.0. The van der Waals surface area contributed by atoms with Crippen LogP contribution in [0.1, 0.15) is 17.5 Å². The number of hydrazone groups is 1. The Balaban J connectivity index is 1.21. The van der Waals surface area contributed by atoms with Gasteiger partial charge in [-0.25, -0.2) is 10.0 Å². The Morgan fingerprint density at radius 2 is 2.03 bits per heavy atom. The molecule has 190 valence electrons. The molecule has 2 aromatic carbocycles. The van der Waals surface area contributed by atoms with E-state index in [9.17, 15) is 0 Å². The summed E-state index contributed by atoms with van der Waals surface area (Å²) >= 11 is 0. The molecule has 0 bridgehead atoms. The molecule has 0 aliphatic carbocycles. The molecule has 2 unspecified atom stereocenters. The van der Waals surface area contributed by atoms with E-state index < -0.39 is 0 Å². The monoisotopic (exact) mass is 490 g/mol. The predicted octanol–water partition coefficient (Wildman–Crippen LogP) is 3.08. The van der Waals surface area contributed by atoms with Crippen LogP contribution in [0.5, 0.6) is 11.5 Å². The summed E-state index contributed by atoms with van der Waals surface area (Å²) in [4.78, 5) is 11.9. The van der Waals surface area contributed by atoms with E-state index in [4.69, 9.17) is 19.2 Å². The van der Waals surface area contributed by atoms with Gasteiger partial charge in [-0.3, -0.25) is 9.89 Å². The number of benzene rings is 2. The van der Waals surface area contributed by atoms with Gasteiger partial charge < -0.3 is 19.5 Å². The van der Waals surface area contributed by atoms with Gasteiger partial charge in [-0.2, -0.15) is 5.10 Å². The summed E-state index contributed by atoms with van der Waals surface area (Å²) in [5.41, 5.74) is 3.28. The highest BCUT2D eigenvalue weighted by Gasteiger charge is 2.36. The third-order valence-electron chi connectivity index (χ3n) is 6.59. The molecular formula is C27H34N6O3. The van der Waals surface area contributed by atoms with Crippen molar-refractivity contribution in [3.8, 4) is 11.5 Å². The van der Waals surface area contributed by atoms with Gasteiger partial charge in [0.2, 0.25) is 0 Å². The van der Waals surface area contributed by atoms with Crippen LogP contribution in [0.15, 0.2) is 57.6 Å². The molecule has 0 spiro atoms. The topological polar surface area (TPSA) is 83.3 Å². The maximum atomic E-state index is 6.10. The normalized spacial score (nSPS) is 22.5.